The number of rotatable bonds is 5. The number of carboxylic acids is 1. The van der Waals surface area contributed by atoms with Crippen LogP contribution >= 0.6 is 0 Å². The normalized spacial score (nSPS) is 14.6. The third-order valence-electron chi connectivity index (χ3n) is 6.34. The molecule has 168 valence electrons. The summed E-state index contributed by atoms with van der Waals surface area (Å²) in [6.07, 6.45) is 5.09. The Kier molecular flexibility index (Phi) is 6.00. The molecular weight excluding hydrogens is 414 g/mol. The molecule has 2 aromatic carbocycles. The minimum absolute atomic E-state index is 0.0779. The average Bonchev–Trinajstić information content (AvgIpc) is 3.07. The van der Waals surface area contributed by atoms with Gasteiger partial charge in [-0.05, 0) is 48.6 Å². The Hall–Kier alpha value is -3.22. The third-order valence-corrected chi connectivity index (χ3v) is 6.34. The number of amides is 1. The monoisotopic (exact) mass is 440 g/mol. The van der Waals surface area contributed by atoms with Crippen molar-refractivity contribution in [1.29, 1.82) is 0 Å². The van der Waals surface area contributed by atoms with Crippen molar-refractivity contribution in [2.75, 3.05) is 14.1 Å². The molecule has 0 saturated heterocycles. The fourth-order valence-electron chi connectivity index (χ4n) is 4.73. The fourth-order valence-corrected chi connectivity index (χ4v) is 4.73. The van der Waals surface area contributed by atoms with Crippen molar-refractivity contribution in [2.24, 2.45) is 0 Å². The molecule has 0 spiro atoms. The van der Waals surface area contributed by atoms with Crippen molar-refractivity contribution in [3.05, 3.63) is 59.2 Å². The zero-order valence-electron chi connectivity index (χ0n) is 18.2. The zero-order chi connectivity index (χ0) is 23.0. The summed E-state index contributed by atoms with van der Waals surface area (Å²) in [6, 6.07) is 8.29. The number of nitrogens with zero attached hydrogens (tertiary/aromatic N) is 2. The second-order valence-electron chi connectivity index (χ2n) is 8.63. The van der Waals surface area contributed by atoms with Crippen LogP contribution in [-0.4, -0.2) is 40.5 Å². The molecular formula is C25H26F2N2O3. The van der Waals surface area contributed by atoms with Crippen molar-refractivity contribution in [3.8, 4) is 11.3 Å². The first-order valence-electron chi connectivity index (χ1n) is 10.8. The SMILES string of the molecule is CN(C)C(=O)Cn1c(-c2ccc(F)cc2F)c(C2CCCCC2)c2ccc(C(=O)O)cc21. The molecule has 1 aromatic heterocycles. The summed E-state index contributed by atoms with van der Waals surface area (Å²) < 4.78 is 30.5. The largest absolute Gasteiger partial charge is 0.478 e. The Labute approximate surface area is 185 Å². The summed E-state index contributed by atoms with van der Waals surface area (Å²) in [6.45, 7) is -0.0779. The highest BCUT2D eigenvalue weighted by atomic mass is 19.1. The van der Waals surface area contributed by atoms with Gasteiger partial charge in [-0.2, -0.15) is 0 Å². The third kappa shape index (κ3) is 3.99. The fraction of sp³-hybridized carbons (Fsp3) is 0.360. The van der Waals surface area contributed by atoms with Gasteiger partial charge in [0.2, 0.25) is 5.91 Å². The van der Waals surface area contributed by atoms with E-state index in [1.54, 1.807) is 30.8 Å². The van der Waals surface area contributed by atoms with Gasteiger partial charge in [-0.1, -0.05) is 25.3 Å². The number of benzene rings is 2. The molecule has 0 aliphatic heterocycles. The van der Waals surface area contributed by atoms with Gasteiger partial charge in [0, 0.05) is 31.1 Å². The van der Waals surface area contributed by atoms with Crippen LogP contribution in [0.2, 0.25) is 0 Å². The lowest BCUT2D eigenvalue weighted by molar-refractivity contribution is -0.129. The van der Waals surface area contributed by atoms with E-state index in [1.165, 1.54) is 23.1 Å². The molecule has 0 unspecified atom stereocenters. The number of halogens is 2. The minimum atomic E-state index is -1.08. The summed E-state index contributed by atoms with van der Waals surface area (Å²) in [5.74, 6) is -2.52. The number of fused-ring (bicyclic) bond motifs is 1. The van der Waals surface area contributed by atoms with Crippen molar-refractivity contribution in [2.45, 2.75) is 44.6 Å². The number of hydrogen-bond acceptors (Lipinski definition) is 2. The van der Waals surface area contributed by atoms with Gasteiger partial charge in [0.1, 0.15) is 18.2 Å². The van der Waals surface area contributed by atoms with Crippen LogP contribution in [0.1, 0.15) is 53.9 Å². The summed E-state index contributed by atoms with van der Waals surface area (Å²) in [5.41, 5.74) is 2.32. The molecule has 0 bridgehead atoms. The van der Waals surface area contributed by atoms with Crippen LogP contribution in [0, 0.1) is 11.6 Å². The van der Waals surface area contributed by atoms with E-state index < -0.39 is 17.6 Å². The van der Waals surface area contributed by atoms with Gasteiger partial charge in [0.25, 0.3) is 0 Å². The molecule has 0 atom stereocenters. The number of aromatic carboxylic acids is 1. The van der Waals surface area contributed by atoms with E-state index in [4.69, 9.17) is 0 Å². The Morgan fingerprint density at radius 3 is 2.41 bits per heavy atom. The first-order chi connectivity index (χ1) is 15.3. The Morgan fingerprint density at radius 2 is 1.78 bits per heavy atom. The van der Waals surface area contributed by atoms with Gasteiger partial charge < -0.3 is 14.6 Å². The maximum atomic E-state index is 15.1. The molecule has 3 aromatic rings. The van der Waals surface area contributed by atoms with E-state index in [1.807, 2.05) is 0 Å². The Bertz CT molecular complexity index is 1190. The lowest BCUT2D eigenvalue weighted by Crippen LogP contribution is -2.26. The standard InChI is InChI=1S/C25H26F2N2O3/c1-28(2)22(30)14-29-21-12-16(25(31)32)8-10-19(21)23(15-6-4-3-5-7-15)24(29)18-11-9-17(26)13-20(18)27/h8-13,15H,3-7,14H2,1-2H3,(H,31,32). The molecule has 1 aliphatic carbocycles. The molecule has 1 amide bonds. The molecule has 1 heterocycles. The van der Waals surface area contributed by atoms with Crippen LogP contribution in [0.4, 0.5) is 8.78 Å². The predicted octanol–water partition coefficient (Wildman–Crippen LogP) is 5.42. The molecule has 4 rings (SSSR count). The second kappa shape index (κ2) is 8.73. The van der Waals surface area contributed by atoms with E-state index in [2.05, 4.69) is 0 Å². The second-order valence-corrected chi connectivity index (χ2v) is 8.63. The van der Waals surface area contributed by atoms with Crippen LogP contribution < -0.4 is 0 Å². The van der Waals surface area contributed by atoms with Gasteiger partial charge in [-0.25, -0.2) is 13.6 Å². The highest BCUT2D eigenvalue weighted by Gasteiger charge is 2.29. The summed E-state index contributed by atoms with van der Waals surface area (Å²) in [4.78, 5) is 25.8. The van der Waals surface area contributed by atoms with Crippen LogP contribution in [0.15, 0.2) is 36.4 Å². The number of hydrogen-bond donors (Lipinski definition) is 1. The molecule has 1 N–H and O–H groups in total. The van der Waals surface area contributed by atoms with Crippen LogP contribution in [0.25, 0.3) is 22.2 Å². The summed E-state index contributed by atoms with van der Waals surface area (Å²) in [7, 11) is 3.27. The minimum Gasteiger partial charge on any atom is -0.478 e. The van der Waals surface area contributed by atoms with Crippen molar-refractivity contribution >= 4 is 22.8 Å². The van der Waals surface area contributed by atoms with Gasteiger partial charge >= 0.3 is 5.97 Å². The molecule has 7 heteroatoms. The first-order valence-corrected chi connectivity index (χ1v) is 10.8. The molecule has 32 heavy (non-hydrogen) atoms. The maximum absolute atomic E-state index is 15.1. The highest BCUT2D eigenvalue weighted by molar-refractivity contribution is 5.99. The molecule has 0 radical (unpaired) electrons. The van der Waals surface area contributed by atoms with Crippen molar-refractivity contribution < 1.29 is 23.5 Å². The zero-order valence-corrected chi connectivity index (χ0v) is 18.2. The molecule has 1 saturated carbocycles. The lowest BCUT2D eigenvalue weighted by atomic mass is 9.81. The van der Waals surface area contributed by atoms with Gasteiger partial charge in [0.05, 0.1) is 16.8 Å². The average molecular weight is 440 g/mol. The lowest BCUT2D eigenvalue weighted by Gasteiger charge is -2.24. The number of aromatic nitrogens is 1. The number of carboxylic acid groups (broad SMARTS) is 1. The van der Waals surface area contributed by atoms with E-state index >= 15 is 4.39 Å². The van der Waals surface area contributed by atoms with Gasteiger partial charge in [0.15, 0.2) is 0 Å². The maximum Gasteiger partial charge on any atom is 0.335 e. The Balaban J connectivity index is 2.07. The van der Waals surface area contributed by atoms with Crippen molar-refractivity contribution in [3.63, 3.8) is 0 Å². The summed E-state index contributed by atoms with van der Waals surface area (Å²) in [5, 5.41) is 10.3. The molecule has 1 fully saturated rings. The molecule has 1 aliphatic rings. The summed E-state index contributed by atoms with van der Waals surface area (Å²) >= 11 is 0. The molecule has 5 nitrogen and oxygen atoms in total. The highest BCUT2D eigenvalue weighted by Crippen LogP contribution is 2.45. The van der Waals surface area contributed by atoms with Crippen molar-refractivity contribution in [1.82, 2.24) is 9.47 Å². The predicted molar refractivity (Wildman–Crippen MR) is 119 cm³/mol. The van der Waals surface area contributed by atoms with Crippen LogP contribution in [0.3, 0.4) is 0 Å². The first kappa shape index (κ1) is 22.0. The number of carbonyl (C=O) groups is 2. The Morgan fingerprint density at radius 1 is 1.06 bits per heavy atom. The number of carbonyl (C=O) groups excluding carboxylic acids is 1. The van der Waals surface area contributed by atoms with Crippen LogP contribution in [-0.2, 0) is 11.3 Å². The quantitative estimate of drug-likeness (QED) is 0.576. The van der Waals surface area contributed by atoms with Gasteiger partial charge in [-0.15, -0.1) is 0 Å². The number of likely N-dealkylation sites (N-methyl/N-ethyl adjacent to an activating group) is 1. The topological polar surface area (TPSA) is 62.5 Å². The van der Waals surface area contributed by atoms with Crippen LogP contribution in [0.5, 0.6) is 0 Å². The van der Waals surface area contributed by atoms with E-state index in [-0.39, 0.29) is 29.5 Å². The van der Waals surface area contributed by atoms with E-state index in [0.717, 1.165) is 49.1 Å². The van der Waals surface area contributed by atoms with Gasteiger partial charge in [-0.3, -0.25) is 4.79 Å². The van der Waals surface area contributed by atoms with E-state index in [0.29, 0.717) is 11.2 Å². The smallest absolute Gasteiger partial charge is 0.335 e. The van der Waals surface area contributed by atoms with E-state index in [9.17, 15) is 19.1 Å².